The maximum atomic E-state index is 9.34. The van der Waals surface area contributed by atoms with Crippen LogP contribution < -0.4 is 0 Å². The van der Waals surface area contributed by atoms with Crippen LogP contribution in [0.25, 0.3) is 0 Å². The number of rotatable bonds is 1. The van der Waals surface area contributed by atoms with Crippen LogP contribution in [0.3, 0.4) is 0 Å². The fourth-order valence-corrected chi connectivity index (χ4v) is 1.12. The normalized spacial score (nSPS) is 33.9. The first-order valence-electron chi connectivity index (χ1n) is 4.32. The lowest BCUT2D eigenvalue weighted by Gasteiger charge is -2.06. The molecule has 12 heavy (non-hydrogen) atoms. The Balaban J connectivity index is 2.57. The Morgan fingerprint density at radius 3 is 2.50 bits per heavy atom. The number of hydrogen-bond acceptors (Lipinski definition) is 2. The van der Waals surface area contributed by atoms with Crippen LogP contribution in [0.2, 0.25) is 0 Å². The smallest absolute Gasteiger partial charge is 0.152 e. The van der Waals surface area contributed by atoms with Gasteiger partial charge in [-0.2, -0.15) is 0 Å². The molecule has 1 saturated heterocycles. The van der Waals surface area contributed by atoms with Crippen molar-refractivity contribution in [2.45, 2.75) is 51.4 Å². The van der Waals surface area contributed by atoms with Gasteiger partial charge in [0.2, 0.25) is 0 Å². The Morgan fingerprint density at radius 2 is 2.17 bits per heavy atom. The molecule has 0 aliphatic carbocycles. The van der Waals surface area contributed by atoms with Gasteiger partial charge < -0.3 is 9.84 Å². The zero-order valence-electron chi connectivity index (χ0n) is 8.14. The van der Waals surface area contributed by atoms with Gasteiger partial charge in [0.1, 0.15) is 5.60 Å². The molecule has 0 saturated carbocycles. The molecule has 0 bridgehead atoms. The van der Waals surface area contributed by atoms with Gasteiger partial charge in [-0.1, -0.05) is 18.8 Å². The summed E-state index contributed by atoms with van der Waals surface area (Å²) in [6.07, 6.45) is 1.24. The highest BCUT2D eigenvalue weighted by atomic mass is 16.6. The van der Waals surface area contributed by atoms with E-state index in [4.69, 9.17) is 4.74 Å². The molecule has 1 aliphatic heterocycles. The molecule has 0 aromatic heterocycles. The molecular formula is C10H16O2. The van der Waals surface area contributed by atoms with Crippen LogP contribution in [0.15, 0.2) is 0 Å². The van der Waals surface area contributed by atoms with Crippen LogP contribution >= 0.6 is 0 Å². The van der Waals surface area contributed by atoms with Crippen LogP contribution in [0.5, 0.6) is 0 Å². The van der Waals surface area contributed by atoms with Gasteiger partial charge >= 0.3 is 0 Å². The van der Waals surface area contributed by atoms with Crippen molar-refractivity contribution in [3.63, 3.8) is 0 Å². The molecule has 2 nitrogen and oxygen atoms in total. The van der Waals surface area contributed by atoms with Crippen molar-refractivity contribution < 1.29 is 9.84 Å². The molecule has 1 aliphatic rings. The van der Waals surface area contributed by atoms with E-state index in [1.807, 2.05) is 6.92 Å². The van der Waals surface area contributed by atoms with Crippen LogP contribution in [0.1, 0.15) is 34.1 Å². The van der Waals surface area contributed by atoms with E-state index in [0.29, 0.717) is 0 Å². The van der Waals surface area contributed by atoms with Crippen molar-refractivity contribution >= 4 is 0 Å². The van der Waals surface area contributed by atoms with E-state index >= 15 is 0 Å². The maximum absolute atomic E-state index is 9.34. The van der Waals surface area contributed by atoms with E-state index in [-0.39, 0.29) is 11.7 Å². The lowest BCUT2D eigenvalue weighted by molar-refractivity contribution is 0.143. The zero-order chi connectivity index (χ0) is 9.41. The molecule has 1 rings (SSSR count). The van der Waals surface area contributed by atoms with Crippen molar-refractivity contribution in [3.8, 4) is 11.8 Å². The van der Waals surface area contributed by atoms with Crippen molar-refractivity contribution in [2.75, 3.05) is 0 Å². The van der Waals surface area contributed by atoms with E-state index < -0.39 is 5.60 Å². The second kappa shape index (κ2) is 2.76. The Hall–Kier alpha value is -0.520. The Morgan fingerprint density at radius 1 is 1.58 bits per heavy atom. The zero-order valence-corrected chi connectivity index (χ0v) is 8.14. The summed E-state index contributed by atoms with van der Waals surface area (Å²) in [5, 5.41) is 9.34. The van der Waals surface area contributed by atoms with Gasteiger partial charge in [0.25, 0.3) is 0 Å². The van der Waals surface area contributed by atoms with E-state index in [1.165, 1.54) is 0 Å². The lowest BCUT2D eigenvalue weighted by Crippen LogP contribution is -2.16. The Kier molecular flexibility index (Phi) is 2.20. The summed E-state index contributed by atoms with van der Waals surface area (Å²) < 4.78 is 5.36. The first kappa shape index (κ1) is 9.57. The highest BCUT2D eigenvalue weighted by molar-refractivity contribution is 5.26. The van der Waals surface area contributed by atoms with Gasteiger partial charge in [0.05, 0.1) is 6.10 Å². The van der Waals surface area contributed by atoms with Gasteiger partial charge in [0, 0.05) is 0 Å². The molecule has 1 N–H and O–H groups in total. The predicted octanol–water partition coefficient (Wildman–Crippen LogP) is 1.33. The second-order valence-corrected chi connectivity index (χ2v) is 3.93. The number of aliphatic hydroxyl groups is 1. The third-order valence-corrected chi connectivity index (χ3v) is 1.93. The topological polar surface area (TPSA) is 32.8 Å². The molecule has 2 unspecified atom stereocenters. The fraction of sp³-hybridized carbons (Fsp3) is 0.800. The van der Waals surface area contributed by atoms with Crippen LogP contribution in [0, 0.1) is 11.8 Å². The average molecular weight is 168 g/mol. The van der Waals surface area contributed by atoms with Crippen molar-refractivity contribution in [2.24, 2.45) is 0 Å². The van der Waals surface area contributed by atoms with E-state index in [1.54, 1.807) is 13.8 Å². The van der Waals surface area contributed by atoms with E-state index in [0.717, 1.165) is 6.42 Å². The van der Waals surface area contributed by atoms with Crippen LogP contribution in [-0.2, 0) is 4.74 Å². The van der Waals surface area contributed by atoms with E-state index in [9.17, 15) is 5.11 Å². The van der Waals surface area contributed by atoms with Gasteiger partial charge in [-0.25, -0.2) is 0 Å². The van der Waals surface area contributed by atoms with Crippen molar-refractivity contribution in [1.82, 2.24) is 0 Å². The highest BCUT2D eigenvalue weighted by Gasteiger charge is 2.49. The highest BCUT2D eigenvalue weighted by Crippen LogP contribution is 2.37. The molecule has 0 spiro atoms. The van der Waals surface area contributed by atoms with Gasteiger partial charge in [-0.15, -0.1) is 0 Å². The largest absolute Gasteiger partial charge is 0.378 e. The Bertz CT molecular complexity index is 228. The third kappa shape index (κ3) is 2.23. The Labute approximate surface area is 73.9 Å². The molecule has 0 aromatic carbocycles. The van der Waals surface area contributed by atoms with Crippen LogP contribution in [-0.4, -0.2) is 22.4 Å². The third-order valence-electron chi connectivity index (χ3n) is 1.93. The minimum absolute atomic E-state index is 0.257. The molecule has 2 heteroatoms. The van der Waals surface area contributed by atoms with Gasteiger partial charge in [-0.3, -0.25) is 0 Å². The molecule has 2 atom stereocenters. The molecule has 68 valence electrons. The quantitative estimate of drug-likeness (QED) is 0.473. The first-order valence-corrected chi connectivity index (χ1v) is 4.32. The van der Waals surface area contributed by atoms with Crippen LogP contribution in [0.4, 0.5) is 0 Å². The first-order chi connectivity index (χ1) is 5.37. The molecule has 0 amide bonds. The second-order valence-electron chi connectivity index (χ2n) is 3.93. The summed E-state index contributed by atoms with van der Waals surface area (Å²) in [6, 6.07) is 0. The fourth-order valence-electron chi connectivity index (χ4n) is 1.12. The summed E-state index contributed by atoms with van der Waals surface area (Å²) in [5.41, 5.74) is -1.21. The van der Waals surface area contributed by atoms with Gasteiger partial charge in [-0.05, 0) is 27.2 Å². The SMILES string of the molecule is CCC1OC1(C)C#CC(C)(C)O. The molecule has 0 radical (unpaired) electrons. The number of epoxide rings is 1. The average Bonchev–Trinajstić information content (AvgIpc) is 2.58. The number of ether oxygens (including phenoxy) is 1. The van der Waals surface area contributed by atoms with Crippen molar-refractivity contribution in [1.29, 1.82) is 0 Å². The maximum Gasteiger partial charge on any atom is 0.152 e. The molecule has 1 fully saturated rings. The van der Waals surface area contributed by atoms with E-state index in [2.05, 4.69) is 18.8 Å². The summed E-state index contributed by atoms with van der Waals surface area (Å²) in [7, 11) is 0. The number of hydrogen-bond donors (Lipinski definition) is 1. The summed E-state index contributed by atoms with van der Waals surface area (Å²) >= 11 is 0. The standard InChI is InChI=1S/C10H16O2/c1-5-8-10(4,12-8)7-6-9(2,3)11/h8,11H,5H2,1-4H3. The minimum atomic E-state index is -0.909. The summed E-state index contributed by atoms with van der Waals surface area (Å²) in [6.45, 7) is 7.38. The molecule has 1 heterocycles. The summed E-state index contributed by atoms with van der Waals surface area (Å²) in [4.78, 5) is 0. The monoisotopic (exact) mass is 168 g/mol. The van der Waals surface area contributed by atoms with Crippen molar-refractivity contribution in [3.05, 3.63) is 0 Å². The molecular weight excluding hydrogens is 152 g/mol. The summed E-state index contributed by atoms with van der Waals surface area (Å²) in [5.74, 6) is 5.72. The molecule has 0 aromatic rings. The predicted molar refractivity (Wildman–Crippen MR) is 47.6 cm³/mol. The minimum Gasteiger partial charge on any atom is -0.378 e. The lowest BCUT2D eigenvalue weighted by atomic mass is 10.0. The van der Waals surface area contributed by atoms with Gasteiger partial charge in [0.15, 0.2) is 5.60 Å².